The van der Waals surface area contributed by atoms with Gasteiger partial charge in [-0.1, -0.05) is 37.3 Å². The molecule has 0 N–H and O–H groups in total. The Hall–Kier alpha value is -1.53. The summed E-state index contributed by atoms with van der Waals surface area (Å²) < 4.78 is 55.2. The quantitative estimate of drug-likeness (QED) is 0.415. The van der Waals surface area contributed by atoms with E-state index in [9.17, 15) is 17.6 Å². The maximum atomic E-state index is 15.0. The molecule has 0 fully saturated rings. The Bertz CT molecular complexity index is 730. The summed E-state index contributed by atoms with van der Waals surface area (Å²) in [6.07, 6.45) is 0.292. The predicted octanol–water partition coefficient (Wildman–Crippen LogP) is 5.84. The molecule has 0 aromatic heterocycles. The lowest BCUT2D eigenvalue weighted by molar-refractivity contribution is -0.0104. The van der Waals surface area contributed by atoms with Crippen LogP contribution >= 0.6 is 11.8 Å². The molecule has 2 aromatic carbocycles. The molecule has 0 saturated carbocycles. The molecule has 0 bridgehead atoms. The SMILES string of the molecule is CCSC(Cc1cccc(-c2cccc(F)c2)c1F)N(C)CC(C)(F)F. The maximum Gasteiger partial charge on any atom is 0.257 e. The Kier molecular flexibility index (Phi) is 7.12. The summed E-state index contributed by atoms with van der Waals surface area (Å²) in [4.78, 5) is 1.56. The summed E-state index contributed by atoms with van der Waals surface area (Å²) in [7, 11) is 1.62. The van der Waals surface area contributed by atoms with Gasteiger partial charge in [-0.3, -0.25) is 4.90 Å². The van der Waals surface area contributed by atoms with Crippen molar-refractivity contribution in [2.75, 3.05) is 19.3 Å². The molecule has 0 saturated heterocycles. The van der Waals surface area contributed by atoms with Crippen LogP contribution in [0.3, 0.4) is 0 Å². The highest BCUT2D eigenvalue weighted by Gasteiger charge is 2.28. The summed E-state index contributed by atoms with van der Waals surface area (Å²) in [5.74, 6) is -2.95. The van der Waals surface area contributed by atoms with Gasteiger partial charge in [0.25, 0.3) is 5.92 Å². The van der Waals surface area contributed by atoms with Crippen LogP contribution in [0, 0.1) is 11.6 Å². The molecular weight excluding hydrogens is 362 g/mol. The van der Waals surface area contributed by atoms with E-state index in [2.05, 4.69) is 0 Å². The number of rotatable bonds is 8. The van der Waals surface area contributed by atoms with Gasteiger partial charge in [0.05, 0.1) is 11.9 Å². The van der Waals surface area contributed by atoms with Crippen LogP contribution in [0.4, 0.5) is 17.6 Å². The second kappa shape index (κ2) is 8.91. The summed E-state index contributed by atoms with van der Waals surface area (Å²) in [5.41, 5.74) is 1.20. The Morgan fingerprint density at radius 2 is 1.81 bits per heavy atom. The van der Waals surface area contributed by atoms with E-state index in [-0.39, 0.29) is 5.37 Å². The molecule has 1 nitrogen and oxygen atoms in total. The zero-order valence-corrected chi connectivity index (χ0v) is 15.9. The first kappa shape index (κ1) is 20.8. The van der Waals surface area contributed by atoms with Crippen molar-refractivity contribution in [1.82, 2.24) is 4.90 Å². The third-order valence-electron chi connectivity index (χ3n) is 3.99. The fraction of sp³-hybridized carbons (Fsp3) is 0.400. The highest BCUT2D eigenvalue weighted by Crippen LogP contribution is 2.29. The molecule has 2 aromatic rings. The number of nitrogens with zero attached hydrogens (tertiary/aromatic N) is 1. The van der Waals surface area contributed by atoms with Crippen LogP contribution in [0.15, 0.2) is 42.5 Å². The van der Waals surface area contributed by atoms with Crippen LogP contribution in [-0.4, -0.2) is 35.5 Å². The van der Waals surface area contributed by atoms with E-state index < -0.39 is 24.1 Å². The first-order valence-corrected chi connectivity index (χ1v) is 9.49. The van der Waals surface area contributed by atoms with E-state index in [1.165, 1.54) is 30.0 Å². The Balaban J connectivity index is 2.28. The van der Waals surface area contributed by atoms with Crippen LogP contribution in [0.1, 0.15) is 19.4 Å². The van der Waals surface area contributed by atoms with E-state index >= 15 is 0 Å². The van der Waals surface area contributed by atoms with Crippen molar-refractivity contribution >= 4 is 11.8 Å². The largest absolute Gasteiger partial charge is 0.288 e. The van der Waals surface area contributed by atoms with Gasteiger partial charge in [-0.25, -0.2) is 17.6 Å². The van der Waals surface area contributed by atoms with E-state index in [1.807, 2.05) is 6.92 Å². The molecule has 1 unspecified atom stereocenters. The van der Waals surface area contributed by atoms with Gasteiger partial charge in [-0.05, 0) is 36.1 Å². The van der Waals surface area contributed by atoms with Crippen LogP contribution < -0.4 is 0 Å². The van der Waals surface area contributed by atoms with Gasteiger partial charge in [-0.2, -0.15) is 0 Å². The number of hydrogen-bond donors (Lipinski definition) is 0. The predicted molar refractivity (Wildman–Crippen MR) is 101 cm³/mol. The standard InChI is InChI=1S/C20H23F4NS/c1-4-26-18(25(3)13-20(2,23)24)12-15-8-6-10-17(19(15)22)14-7-5-9-16(21)11-14/h5-11,18H,4,12-13H2,1-3H3. The number of thioether (sulfide) groups is 1. The molecule has 142 valence electrons. The highest BCUT2D eigenvalue weighted by molar-refractivity contribution is 7.99. The van der Waals surface area contributed by atoms with E-state index in [1.54, 1.807) is 36.2 Å². The van der Waals surface area contributed by atoms with E-state index in [4.69, 9.17) is 0 Å². The van der Waals surface area contributed by atoms with Crippen LogP contribution in [0.2, 0.25) is 0 Å². The molecular formula is C20H23F4NS. The minimum Gasteiger partial charge on any atom is -0.288 e. The van der Waals surface area contributed by atoms with Crippen molar-refractivity contribution in [3.05, 3.63) is 59.7 Å². The van der Waals surface area contributed by atoms with Gasteiger partial charge in [0.2, 0.25) is 0 Å². The molecule has 2 rings (SSSR count). The molecule has 0 heterocycles. The van der Waals surface area contributed by atoms with Gasteiger partial charge < -0.3 is 0 Å². The fourth-order valence-corrected chi connectivity index (χ4v) is 3.89. The molecule has 0 aliphatic heterocycles. The zero-order valence-electron chi connectivity index (χ0n) is 15.1. The molecule has 0 amide bonds. The minimum absolute atomic E-state index is 0.275. The first-order valence-electron chi connectivity index (χ1n) is 8.44. The second-order valence-electron chi connectivity index (χ2n) is 6.39. The average molecular weight is 385 g/mol. The highest BCUT2D eigenvalue weighted by atomic mass is 32.2. The topological polar surface area (TPSA) is 3.24 Å². The lowest BCUT2D eigenvalue weighted by atomic mass is 10.0. The third kappa shape index (κ3) is 5.74. The summed E-state index contributed by atoms with van der Waals surface area (Å²) in [6.45, 7) is 2.42. The van der Waals surface area contributed by atoms with Gasteiger partial charge in [-0.15, -0.1) is 11.8 Å². The van der Waals surface area contributed by atoms with Crippen molar-refractivity contribution in [2.24, 2.45) is 0 Å². The van der Waals surface area contributed by atoms with E-state index in [0.717, 1.165) is 12.7 Å². The van der Waals surface area contributed by atoms with Gasteiger partial charge in [0, 0.05) is 18.9 Å². The molecule has 0 radical (unpaired) electrons. The summed E-state index contributed by atoms with van der Waals surface area (Å²) >= 11 is 1.50. The van der Waals surface area contributed by atoms with Crippen LogP contribution in [-0.2, 0) is 6.42 Å². The lowest BCUT2D eigenvalue weighted by Crippen LogP contribution is -2.39. The number of likely N-dealkylation sites (N-methyl/N-ethyl adjacent to an activating group) is 1. The molecule has 0 spiro atoms. The zero-order chi connectivity index (χ0) is 19.3. The lowest BCUT2D eigenvalue weighted by Gasteiger charge is -2.29. The number of alkyl halides is 2. The molecule has 1 atom stereocenters. The fourth-order valence-electron chi connectivity index (χ4n) is 2.88. The smallest absolute Gasteiger partial charge is 0.257 e. The normalized spacial score (nSPS) is 13.2. The minimum atomic E-state index is -2.82. The van der Waals surface area contributed by atoms with Crippen LogP contribution in [0.25, 0.3) is 11.1 Å². The average Bonchev–Trinajstić information content (AvgIpc) is 2.54. The second-order valence-corrected chi connectivity index (χ2v) is 7.84. The van der Waals surface area contributed by atoms with Crippen molar-refractivity contribution < 1.29 is 17.6 Å². The van der Waals surface area contributed by atoms with Crippen molar-refractivity contribution in [3.8, 4) is 11.1 Å². The summed E-state index contributed by atoms with van der Waals surface area (Å²) in [6, 6.07) is 10.7. The summed E-state index contributed by atoms with van der Waals surface area (Å²) in [5, 5.41) is -0.275. The van der Waals surface area contributed by atoms with E-state index in [0.29, 0.717) is 23.1 Å². The van der Waals surface area contributed by atoms with Gasteiger partial charge >= 0.3 is 0 Å². The Labute approximate surface area is 156 Å². The molecule has 0 aliphatic rings. The molecule has 6 heteroatoms. The van der Waals surface area contributed by atoms with Crippen molar-refractivity contribution in [2.45, 2.75) is 31.6 Å². The van der Waals surface area contributed by atoms with Gasteiger partial charge in [0.15, 0.2) is 0 Å². The molecule has 26 heavy (non-hydrogen) atoms. The number of hydrogen-bond acceptors (Lipinski definition) is 2. The Morgan fingerprint density at radius 3 is 2.42 bits per heavy atom. The Morgan fingerprint density at radius 1 is 1.12 bits per heavy atom. The maximum absolute atomic E-state index is 15.0. The third-order valence-corrected chi connectivity index (χ3v) is 5.23. The monoisotopic (exact) mass is 385 g/mol. The van der Waals surface area contributed by atoms with Crippen molar-refractivity contribution in [1.29, 1.82) is 0 Å². The van der Waals surface area contributed by atoms with Crippen LogP contribution in [0.5, 0.6) is 0 Å². The van der Waals surface area contributed by atoms with Gasteiger partial charge in [0.1, 0.15) is 11.6 Å². The number of halogens is 4. The molecule has 0 aliphatic carbocycles. The number of benzene rings is 2. The van der Waals surface area contributed by atoms with Crippen molar-refractivity contribution in [3.63, 3.8) is 0 Å². The first-order chi connectivity index (χ1) is 12.2.